The summed E-state index contributed by atoms with van der Waals surface area (Å²) in [7, 11) is 0. The van der Waals surface area contributed by atoms with Crippen molar-refractivity contribution in [3.05, 3.63) is 0 Å². The molecule has 0 rings (SSSR count). The van der Waals surface area contributed by atoms with Crippen LogP contribution in [0.1, 0.15) is 13.3 Å². The van der Waals surface area contributed by atoms with Crippen LogP contribution in [0.2, 0.25) is 0 Å². The summed E-state index contributed by atoms with van der Waals surface area (Å²) >= 11 is 0. The van der Waals surface area contributed by atoms with E-state index in [-0.39, 0.29) is 36.0 Å². The van der Waals surface area contributed by atoms with Crippen molar-refractivity contribution in [2.24, 2.45) is 0 Å². The van der Waals surface area contributed by atoms with Crippen LogP contribution in [0.15, 0.2) is 0 Å². The molecular formula is C3H6NaO2. The molecule has 0 unspecified atom stereocenters. The Morgan fingerprint density at radius 3 is 2.00 bits per heavy atom. The van der Waals surface area contributed by atoms with E-state index in [4.69, 9.17) is 5.11 Å². The van der Waals surface area contributed by atoms with Crippen molar-refractivity contribution in [2.75, 3.05) is 0 Å². The molecule has 1 N–H and O–H groups in total. The van der Waals surface area contributed by atoms with Gasteiger partial charge in [0.1, 0.15) is 0 Å². The summed E-state index contributed by atoms with van der Waals surface area (Å²) in [4.78, 5) is 9.37. The Morgan fingerprint density at radius 2 is 2.00 bits per heavy atom. The van der Waals surface area contributed by atoms with Crippen molar-refractivity contribution >= 4 is 35.5 Å². The number of carboxylic acids is 1. The molecule has 0 spiro atoms. The molecule has 0 aromatic rings. The minimum absolute atomic E-state index is 0. The smallest absolute Gasteiger partial charge is 0.303 e. The number of hydrogen-bond acceptors (Lipinski definition) is 1. The molecule has 0 aliphatic heterocycles. The molecule has 31 valence electrons. The van der Waals surface area contributed by atoms with E-state index < -0.39 is 5.97 Å². The van der Waals surface area contributed by atoms with Gasteiger partial charge in [-0.2, -0.15) is 0 Å². The molecule has 6 heavy (non-hydrogen) atoms. The summed E-state index contributed by atoms with van der Waals surface area (Å²) in [6.07, 6.45) is 0.222. The SMILES string of the molecule is CC[14C](=O)O.[Na]. The van der Waals surface area contributed by atoms with Crippen molar-refractivity contribution in [3.8, 4) is 0 Å². The van der Waals surface area contributed by atoms with Crippen molar-refractivity contribution in [2.45, 2.75) is 13.3 Å². The van der Waals surface area contributed by atoms with Gasteiger partial charge < -0.3 is 5.11 Å². The first-order valence-electron chi connectivity index (χ1n) is 1.49. The third-order valence-corrected chi connectivity index (χ3v) is 0.302. The number of aliphatic carboxylic acids is 1. The monoisotopic (exact) mass is 99.0 g/mol. The Morgan fingerprint density at radius 1 is 1.83 bits per heavy atom. The number of rotatable bonds is 1. The standard InChI is InChI=1S/C3H6O2.Na/c1-2-3(4)5;/h2H2,1H3,(H,4,5);/i3+2;. The minimum atomic E-state index is -0.745. The van der Waals surface area contributed by atoms with Gasteiger partial charge in [-0.05, 0) is 0 Å². The Bertz CT molecular complexity index is 44.1. The summed E-state index contributed by atoms with van der Waals surface area (Å²) < 4.78 is 0. The van der Waals surface area contributed by atoms with E-state index in [9.17, 15) is 4.79 Å². The van der Waals surface area contributed by atoms with Gasteiger partial charge in [-0.1, -0.05) is 6.92 Å². The molecule has 0 aliphatic rings. The van der Waals surface area contributed by atoms with Crippen molar-refractivity contribution in [1.82, 2.24) is 0 Å². The van der Waals surface area contributed by atoms with Gasteiger partial charge in [0.25, 0.3) is 0 Å². The van der Waals surface area contributed by atoms with E-state index in [2.05, 4.69) is 0 Å². The van der Waals surface area contributed by atoms with E-state index in [0.29, 0.717) is 0 Å². The van der Waals surface area contributed by atoms with Gasteiger partial charge in [-0.25, -0.2) is 0 Å². The predicted molar refractivity (Wildman–Crippen MR) is 23.7 cm³/mol. The van der Waals surface area contributed by atoms with E-state index >= 15 is 0 Å². The quantitative estimate of drug-likeness (QED) is 0.473. The summed E-state index contributed by atoms with van der Waals surface area (Å²) in [6, 6.07) is 0. The van der Waals surface area contributed by atoms with Gasteiger partial charge in [0.15, 0.2) is 0 Å². The third-order valence-electron chi connectivity index (χ3n) is 0.302. The fourth-order valence-electron chi connectivity index (χ4n) is 0. The first-order chi connectivity index (χ1) is 2.27. The molecule has 0 atom stereocenters. The molecule has 0 aromatic carbocycles. The van der Waals surface area contributed by atoms with Crippen LogP contribution >= 0.6 is 0 Å². The second-order valence-electron chi connectivity index (χ2n) is 0.747. The van der Waals surface area contributed by atoms with Gasteiger partial charge in [0.2, 0.25) is 0 Å². The Balaban J connectivity index is 0. The number of carbonyl (C=O) groups is 1. The van der Waals surface area contributed by atoms with Crippen LogP contribution < -0.4 is 0 Å². The van der Waals surface area contributed by atoms with Crippen LogP contribution in [-0.4, -0.2) is 40.6 Å². The van der Waals surface area contributed by atoms with Gasteiger partial charge in [0, 0.05) is 36.0 Å². The fourth-order valence-corrected chi connectivity index (χ4v) is 0. The maximum Gasteiger partial charge on any atom is 0.303 e. The number of hydrogen-bond donors (Lipinski definition) is 1. The maximum atomic E-state index is 9.37. The minimum Gasteiger partial charge on any atom is -0.481 e. The molecule has 0 aliphatic carbocycles. The first-order valence-corrected chi connectivity index (χ1v) is 1.49. The summed E-state index contributed by atoms with van der Waals surface area (Å²) in [5.41, 5.74) is 0. The normalized spacial score (nSPS) is 6.17. The molecule has 1 radical (unpaired) electrons. The van der Waals surface area contributed by atoms with Gasteiger partial charge >= 0.3 is 5.97 Å². The van der Waals surface area contributed by atoms with Crippen LogP contribution in [0.3, 0.4) is 0 Å². The van der Waals surface area contributed by atoms with E-state index in [1.165, 1.54) is 0 Å². The van der Waals surface area contributed by atoms with E-state index in [1.54, 1.807) is 6.92 Å². The molecule has 0 saturated heterocycles. The average molecular weight is 99.1 g/mol. The largest absolute Gasteiger partial charge is 0.481 e. The number of carboxylic acid groups (broad SMARTS) is 1. The van der Waals surface area contributed by atoms with Gasteiger partial charge in [-0.15, -0.1) is 0 Å². The van der Waals surface area contributed by atoms with E-state index in [1.807, 2.05) is 0 Å². The maximum absolute atomic E-state index is 9.37. The summed E-state index contributed by atoms with van der Waals surface area (Å²) in [6.45, 7) is 1.60. The molecular weight excluding hydrogens is 93.0 g/mol. The molecule has 0 bridgehead atoms. The third kappa shape index (κ3) is 8.82. The van der Waals surface area contributed by atoms with Crippen molar-refractivity contribution in [1.29, 1.82) is 0 Å². The zero-order chi connectivity index (χ0) is 4.28. The Kier molecular flexibility index (Phi) is 8.83. The van der Waals surface area contributed by atoms with Crippen molar-refractivity contribution in [3.63, 3.8) is 0 Å². The average Bonchev–Trinajstić information content (AvgIpc) is 1.38. The zero-order valence-corrected chi connectivity index (χ0v) is 6.06. The van der Waals surface area contributed by atoms with Crippen LogP contribution in [0.5, 0.6) is 0 Å². The topological polar surface area (TPSA) is 37.3 Å². The summed E-state index contributed by atoms with van der Waals surface area (Å²) in [5, 5.41) is 7.72. The molecule has 0 saturated carbocycles. The van der Waals surface area contributed by atoms with Crippen LogP contribution in [0.4, 0.5) is 0 Å². The Hall–Kier alpha value is 0.470. The second kappa shape index (κ2) is 5.47. The molecule has 2 nitrogen and oxygen atoms in total. The molecule has 0 fully saturated rings. The van der Waals surface area contributed by atoms with Crippen molar-refractivity contribution < 1.29 is 9.90 Å². The van der Waals surface area contributed by atoms with Gasteiger partial charge in [0.05, 0.1) is 0 Å². The molecule has 0 heterocycles. The molecule has 3 heteroatoms. The summed E-state index contributed by atoms with van der Waals surface area (Å²) in [5.74, 6) is -0.745. The van der Waals surface area contributed by atoms with Crippen LogP contribution in [-0.2, 0) is 4.79 Å². The second-order valence-corrected chi connectivity index (χ2v) is 0.747. The first kappa shape index (κ1) is 9.69. The zero-order valence-electron chi connectivity index (χ0n) is 4.06. The molecule has 0 aromatic heterocycles. The Labute approximate surface area is 58.8 Å². The predicted octanol–water partition coefficient (Wildman–Crippen LogP) is 0.100. The fraction of sp³-hybridized carbons (Fsp3) is 0.667. The van der Waals surface area contributed by atoms with Crippen LogP contribution in [0, 0.1) is 0 Å². The molecule has 0 amide bonds. The van der Waals surface area contributed by atoms with Gasteiger partial charge in [-0.3, -0.25) is 4.79 Å². The van der Waals surface area contributed by atoms with E-state index in [0.717, 1.165) is 0 Å². The van der Waals surface area contributed by atoms with Crippen LogP contribution in [0.25, 0.3) is 0 Å².